The topological polar surface area (TPSA) is 69.7 Å². The lowest BCUT2D eigenvalue weighted by Gasteiger charge is -2.20. The Hall–Kier alpha value is -2.09. The lowest BCUT2D eigenvalue weighted by atomic mass is 10.1. The number of halogens is 1. The van der Waals surface area contributed by atoms with Crippen molar-refractivity contribution >= 4 is 34.0 Å². The molecular weight excluding hydrogens is 398 g/mol. The van der Waals surface area contributed by atoms with Crippen molar-refractivity contribution < 1.29 is 13.2 Å². The number of carbonyl (C=O) groups excluding carboxylic acids is 1. The van der Waals surface area contributed by atoms with E-state index in [1.165, 1.54) is 23.5 Å². The van der Waals surface area contributed by atoms with Crippen LogP contribution in [0.4, 0.5) is 5.69 Å². The first-order chi connectivity index (χ1) is 12.9. The first-order valence-corrected chi connectivity index (χ1v) is 10.5. The second kappa shape index (κ2) is 9.41. The minimum absolute atomic E-state index is 0. The van der Waals surface area contributed by atoms with Gasteiger partial charge in [0.25, 0.3) is 15.9 Å². The Balaban J connectivity index is 0.00000280. The van der Waals surface area contributed by atoms with Gasteiger partial charge >= 0.3 is 0 Å². The van der Waals surface area contributed by atoms with Crippen molar-refractivity contribution in [3.05, 3.63) is 60.2 Å². The number of sulfonamides is 1. The zero-order valence-corrected chi connectivity index (χ0v) is 17.7. The molecule has 1 aliphatic heterocycles. The van der Waals surface area contributed by atoms with Crippen LogP contribution in [0.3, 0.4) is 0 Å². The van der Waals surface area contributed by atoms with Crippen molar-refractivity contribution in [1.29, 1.82) is 0 Å². The molecular formula is C20H26ClN3O3S. The second-order valence-electron chi connectivity index (χ2n) is 6.80. The van der Waals surface area contributed by atoms with Crippen molar-refractivity contribution in [2.75, 3.05) is 38.0 Å². The molecule has 1 fully saturated rings. The van der Waals surface area contributed by atoms with Crippen molar-refractivity contribution in [2.45, 2.75) is 11.3 Å². The molecule has 0 spiro atoms. The van der Waals surface area contributed by atoms with Crippen LogP contribution in [0.25, 0.3) is 0 Å². The van der Waals surface area contributed by atoms with Crippen molar-refractivity contribution in [1.82, 2.24) is 10.2 Å². The highest BCUT2D eigenvalue weighted by Gasteiger charge is 2.27. The average Bonchev–Trinajstić information content (AvgIpc) is 3.16. The molecule has 2 aromatic carbocycles. The van der Waals surface area contributed by atoms with Gasteiger partial charge < -0.3 is 10.2 Å². The van der Waals surface area contributed by atoms with E-state index in [-0.39, 0.29) is 23.2 Å². The Bertz CT molecular complexity index is 889. The monoisotopic (exact) mass is 423 g/mol. The highest BCUT2D eigenvalue weighted by atomic mass is 35.5. The summed E-state index contributed by atoms with van der Waals surface area (Å²) in [5.41, 5.74) is 1.10. The predicted molar refractivity (Wildman–Crippen MR) is 114 cm³/mol. The molecule has 1 N–H and O–H groups in total. The molecule has 1 atom stereocenters. The smallest absolute Gasteiger partial charge is 0.264 e. The first-order valence-electron chi connectivity index (χ1n) is 9.01. The largest absolute Gasteiger partial charge is 0.338 e. The Morgan fingerprint density at radius 1 is 1.14 bits per heavy atom. The van der Waals surface area contributed by atoms with Crippen LogP contribution in [0, 0.1) is 5.92 Å². The molecule has 1 unspecified atom stereocenters. The highest BCUT2D eigenvalue weighted by molar-refractivity contribution is 7.92. The second-order valence-corrected chi connectivity index (χ2v) is 8.77. The summed E-state index contributed by atoms with van der Waals surface area (Å²) in [6.07, 6.45) is 0.987. The van der Waals surface area contributed by atoms with Gasteiger partial charge in [-0.05, 0) is 62.3 Å². The van der Waals surface area contributed by atoms with Gasteiger partial charge in [0.05, 0.1) is 10.6 Å². The van der Waals surface area contributed by atoms with Crippen LogP contribution >= 0.6 is 12.4 Å². The van der Waals surface area contributed by atoms with E-state index in [1.807, 2.05) is 18.0 Å². The first kappa shape index (κ1) is 22.2. The summed E-state index contributed by atoms with van der Waals surface area (Å²) in [6, 6.07) is 15.1. The van der Waals surface area contributed by atoms with Crippen LogP contribution in [0.15, 0.2) is 59.5 Å². The van der Waals surface area contributed by atoms with E-state index in [4.69, 9.17) is 0 Å². The quantitative estimate of drug-likeness (QED) is 0.775. The molecule has 28 heavy (non-hydrogen) atoms. The van der Waals surface area contributed by atoms with Crippen LogP contribution < -0.4 is 9.62 Å². The molecule has 152 valence electrons. The van der Waals surface area contributed by atoms with Gasteiger partial charge in [-0.25, -0.2) is 8.42 Å². The Kier molecular flexibility index (Phi) is 7.46. The SMILES string of the molecule is CNCC1CCN(C(=O)c2ccc(S(=O)(=O)N(C)c3ccccc3)cc2)C1.Cl. The summed E-state index contributed by atoms with van der Waals surface area (Å²) in [4.78, 5) is 14.7. The normalized spacial score (nSPS) is 16.5. The van der Waals surface area contributed by atoms with Crippen molar-refractivity contribution in [3.63, 3.8) is 0 Å². The molecule has 1 aliphatic rings. The molecule has 3 rings (SSSR count). The maximum absolute atomic E-state index is 12.8. The minimum Gasteiger partial charge on any atom is -0.338 e. The molecule has 1 heterocycles. The van der Waals surface area contributed by atoms with Gasteiger partial charge in [-0.15, -0.1) is 12.4 Å². The Morgan fingerprint density at radius 2 is 1.79 bits per heavy atom. The minimum atomic E-state index is -3.67. The summed E-state index contributed by atoms with van der Waals surface area (Å²) in [5, 5.41) is 3.15. The fourth-order valence-electron chi connectivity index (χ4n) is 3.36. The number of para-hydroxylation sites is 1. The van der Waals surface area contributed by atoms with Crippen LogP contribution in [-0.2, 0) is 10.0 Å². The molecule has 2 aromatic rings. The maximum Gasteiger partial charge on any atom is 0.264 e. The molecule has 0 radical (unpaired) electrons. The number of carbonyl (C=O) groups is 1. The van der Waals surface area contributed by atoms with E-state index in [0.29, 0.717) is 17.2 Å². The molecule has 1 saturated heterocycles. The van der Waals surface area contributed by atoms with Crippen molar-refractivity contribution in [2.24, 2.45) is 5.92 Å². The summed E-state index contributed by atoms with van der Waals surface area (Å²) in [7, 11) is -0.233. The van der Waals surface area contributed by atoms with Gasteiger partial charge in [-0.3, -0.25) is 9.10 Å². The summed E-state index contributed by atoms with van der Waals surface area (Å²) >= 11 is 0. The number of nitrogens with one attached hydrogen (secondary N) is 1. The third-order valence-corrected chi connectivity index (χ3v) is 6.75. The lowest BCUT2D eigenvalue weighted by Crippen LogP contribution is -2.30. The van der Waals surface area contributed by atoms with Crippen LogP contribution in [0.5, 0.6) is 0 Å². The zero-order chi connectivity index (χ0) is 19.4. The Morgan fingerprint density at radius 3 is 2.39 bits per heavy atom. The number of nitrogens with zero attached hydrogens (tertiary/aromatic N) is 2. The molecule has 0 saturated carbocycles. The number of likely N-dealkylation sites (tertiary alicyclic amines) is 1. The van der Waals surface area contributed by atoms with Crippen LogP contribution in [0.1, 0.15) is 16.8 Å². The van der Waals surface area contributed by atoms with Gasteiger partial charge in [0.1, 0.15) is 0 Å². The molecule has 8 heteroatoms. The standard InChI is InChI=1S/C20H25N3O3S.ClH/c1-21-14-16-12-13-23(15-16)20(24)17-8-10-19(11-9-17)27(25,26)22(2)18-6-4-3-5-7-18;/h3-11,16,21H,12-15H2,1-2H3;1H. The van der Waals surface area contributed by atoms with E-state index in [9.17, 15) is 13.2 Å². The van der Waals surface area contributed by atoms with Gasteiger partial charge in [-0.2, -0.15) is 0 Å². The van der Waals surface area contributed by atoms with E-state index < -0.39 is 10.0 Å². The zero-order valence-electron chi connectivity index (χ0n) is 16.0. The third-order valence-electron chi connectivity index (χ3n) is 4.95. The van der Waals surface area contributed by atoms with E-state index in [0.717, 1.165) is 26.1 Å². The van der Waals surface area contributed by atoms with E-state index >= 15 is 0 Å². The molecule has 1 amide bonds. The molecule has 0 bridgehead atoms. The molecule has 6 nitrogen and oxygen atoms in total. The number of hydrogen-bond acceptors (Lipinski definition) is 4. The molecule has 0 aliphatic carbocycles. The Labute approximate surface area is 173 Å². The predicted octanol–water partition coefficient (Wildman–Crippen LogP) is 2.62. The van der Waals surface area contributed by atoms with Crippen LogP contribution in [-0.4, -0.2) is 53.0 Å². The van der Waals surface area contributed by atoms with Crippen LogP contribution in [0.2, 0.25) is 0 Å². The third kappa shape index (κ3) is 4.66. The fourth-order valence-corrected chi connectivity index (χ4v) is 4.55. The lowest BCUT2D eigenvalue weighted by molar-refractivity contribution is 0.0787. The average molecular weight is 424 g/mol. The van der Waals surface area contributed by atoms with Gasteiger partial charge in [0.2, 0.25) is 0 Å². The van der Waals surface area contributed by atoms with E-state index in [2.05, 4.69) is 5.32 Å². The maximum atomic E-state index is 12.8. The number of anilines is 1. The number of benzene rings is 2. The van der Waals surface area contributed by atoms with Gasteiger partial charge in [0, 0.05) is 25.7 Å². The highest BCUT2D eigenvalue weighted by Crippen LogP contribution is 2.23. The van der Waals surface area contributed by atoms with Gasteiger partial charge in [0.15, 0.2) is 0 Å². The number of amides is 1. The van der Waals surface area contributed by atoms with Gasteiger partial charge in [-0.1, -0.05) is 18.2 Å². The summed E-state index contributed by atoms with van der Waals surface area (Å²) < 4.78 is 26.9. The molecule has 0 aromatic heterocycles. The number of rotatable bonds is 6. The summed E-state index contributed by atoms with van der Waals surface area (Å²) in [6.45, 7) is 2.37. The van der Waals surface area contributed by atoms with Crippen molar-refractivity contribution in [3.8, 4) is 0 Å². The summed E-state index contributed by atoms with van der Waals surface area (Å²) in [5.74, 6) is 0.423. The number of hydrogen-bond donors (Lipinski definition) is 1. The fraction of sp³-hybridized carbons (Fsp3) is 0.350. The van der Waals surface area contributed by atoms with E-state index in [1.54, 1.807) is 36.4 Å².